The van der Waals surface area contributed by atoms with E-state index in [-0.39, 0.29) is 34.4 Å². The highest BCUT2D eigenvalue weighted by atomic mass is 32.2. The van der Waals surface area contributed by atoms with Gasteiger partial charge in [0.25, 0.3) is 10.1 Å². The topological polar surface area (TPSA) is 177 Å². The zero-order valence-electron chi connectivity index (χ0n) is 17.9. The first-order valence-corrected chi connectivity index (χ1v) is 11.8. The number of hydrogen-bond donors (Lipinski definition) is 3. The molecule has 2 aromatic rings. The van der Waals surface area contributed by atoms with E-state index < -0.39 is 27.3 Å². The van der Waals surface area contributed by atoms with E-state index in [2.05, 4.69) is 10.1 Å². The van der Waals surface area contributed by atoms with E-state index in [1.165, 1.54) is 13.3 Å². The van der Waals surface area contributed by atoms with Gasteiger partial charge in [-0.15, -0.1) is 0 Å². The summed E-state index contributed by atoms with van der Waals surface area (Å²) >= 11 is 0. The smallest absolute Gasteiger partial charge is 0.341 e. The Balaban J connectivity index is 0.000000555. The Morgan fingerprint density at radius 2 is 2.03 bits per heavy atom. The summed E-state index contributed by atoms with van der Waals surface area (Å²) in [5, 5.41) is 13.3. The van der Waals surface area contributed by atoms with E-state index in [0.717, 1.165) is 18.9 Å². The molecule has 1 aliphatic carbocycles. The zero-order chi connectivity index (χ0) is 24.5. The van der Waals surface area contributed by atoms with Crippen molar-refractivity contribution in [1.82, 2.24) is 9.55 Å². The number of nitrogens with zero attached hydrogens (tertiary/aromatic N) is 4. The first-order valence-electron chi connectivity index (χ1n) is 9.96. The van der Waals surface area contributed by atoms with Gasteiger partial charge >= 0.3 is 5.97 Å². The lowest BCUT2D eigenvalue weighted by Gasteiger charge is -2.21. The van der Waals surface area contributed by atoms with Gasteiger partial charge in [0.1, 0.15) is 18.3 Å². The Labute approximate surface area is 188 Å². The van der Waals surface area contributed by atoms with E-state index in [1.807, 2.05) is 0 Å². The fourth-order valence-corrected chi connectivity index (χ4v) is 3.61. The van der Waals surface area contributed by atoms with E-state index in [0.29, 0.717) is 31.6 Å². The number of aromatic nitrogens is 2. The van der Waals surface area contributed by atoms with Gasteiger partial charge in [0.15, 0.2) is 17.5 Å². The molecule has 2 aromatic heterocycles. The number of aromatic carboxylic acids is 1. The molecule has 1 atom stereocenters. The Morgan fingerprint density at radius 3 is 2.55 bits per heavy atom. The Kier molecular flexibility index (Phi) is 7.00. The van der Waals surface area contributed by atoms with Crippen molar-refractivity contribution in [3.05, 3.63) is 33.9 Å². The molecule has 2 fully saturated rings. The zero-order valence-corrected chi connectivity index (χ0v) is 18.7. The van der Waals surface area contributed by atoms with Crippen molar-refractivity contribution in [2.45, 2.75) is 25.3 Å². The molecule has 1 saturated heterocycles. The van der Waals surface area contributed by atoms with Crippen LogP contribution in [-0.4, -0.2) is 65.9 Å². The number of carboxylic acid groups (broad SMARTS) is 1. The molecular formula is C19H24FN5O7S. The molecule has 0 radical (unpaired) electrons. The van der Waals surface area contributed by atoms with Gasteiger partial charge in [-0.1, -0.05) is 5.16 Å². The molecule has 2 aliphatic rings. The van der Waals surface area contributed by atoms with Crippen molar-refractivity contribution in [2.75, 3.05) is 31.4 Å². The molecule has 1 saturated carbocycles. The number of fused-ring (bicyclic) bond motifs is 1. The monoisotopic (exact) mass is 485 g/mol. The number of halogens is 1. The van der Waals surface area contributed by atoms with Gasteiger partial charge in [-0.25, -0.2) is 14.2 Å². The number of amidine groups is 1. The lowest BCUT2D eigenvalue weighted by Crippen LogP contribution is -2.32. The maximum atomic E-state index is 15.0. The van der Waals surface area contributed by atoms with Crippen LogP contribution in [0.25, 0.3) is 11.0 Å². The number of hydrogen-bond acceptors (Lipinski definition) is 8. The van der Waals surface area contributed by atoms with Crippen LogP contribution in [0.5, 0.6) is 0 Å². The molecule has 1 aliphatic heterocycles. The summed E-state index contributed by atoms with van der Waals surface area (Å²) in [5.41, 5.74) is 4.91. The molecule has 12 nitrogen and oxygen atoms in total. The minimum Gasteiger partial charge on any atom is -0.477 e. The molecule has 33 heavy (non-hydrogen) atoms. The second-order valence-corrected chi connectivity index (χ2v) is 9.18. The molecular weight excluding hydrogens is 461 g/mol. The number of oxime groups is 1. The second kappa shape index (κ2) is 9.41. The van der Waals surface area contributed by atoms with Gasteiger partial charge in [0.05, 0.1) is 11.6 Å². The quantitative estimate of drug-likeness (QED) is 0.406. The van der Waals surface area contributed by atoms with Crippen LogP contribution in [0, 0.1) is 11.7 Å². The molecule has 0 aromatic carbocycles. The SMILES string of the molecule is CON=C1C(CN)CCN1c1nc2c(cc1F)c(=O)c(C(=O)O)cn2C1CC1.CS(=O)(=O)O. The van der Waals surface area contributed by atoms with Gasteiger partial charge in [-0.2, -0.15) is 8.42 Å². The van der Waals surface area contributed by atoms with Crippen molar-refractivity contribution in [1.29, 1.82) is 0 Å². The standard InChI is InChI=1S/C18H20FN5O4.CH4O3S/c1-28-22-15-9(7-20)4-5-23(15)17-13(19)6-11-14(25)12(18(26)27)8-24(10-2-3-10)16(11)21-17;1-5(2,3)4/h6,8-10H,2-5,7,20H2,1H3,(H,26,27);1H3,(H,2,3,4). The number of carbonyl (C=O) groups is 1. The first kappa shape index (κ1) is 24.5. The van der Waals surface area contributed by atoms with Crippen LogP contribution in [0.2, 0.25) is 0 Å². The van der Waals surface area contributed by atoms with Gasteiger partial charge in [-0.3, -0.25) is 9.35 Å². The number of rotatable bonds is 5. The van der Waals surface area contributed by atoms with Crippen LogP contribution in [0.15, 0.2) is 22.2 Å². The summed E-state index contributed by atoms with van der Waals surface area (Å²) in [6, 6.07) is 1.11. The van der Waals surface area contributed by atoms with Crippen LogP contribution in [0.3, 0.4) is 0 Å². The normalized spacial score (nSPS) is 19.5. The van der Waals surface area contributed by atoms with Crippen LogP contribution < -0.4 is 16.1 Å². The third-order valence-electron chi connectivity index (χ3n) is 5.18. The maximum absolute atomic E-state index is 15.0. The Bertz CT molecular complexity index is 1270. The molecule has 3 heterocycles. The van der Waals surface area contributed by atoms with Crippen LogP contribution >= 0.6 is 0 Å². The summed E-state index contributed by atoms with van der Waals surface area (Å²) in [6.07, 6.45) is 4.38. The maximum Gasteiger partial charge on any atom is 0.341 e. The molecule has 4 rings (SSSR count). The highest BCUT2D eigenvalue weighted by Gasteiger charge is 2.34. The van der Waals surface area contributed by atoms with Crippen molar-refractivity contribution in [3.8, 4) is 0 Å². The summed E-state index contributed by atoms with van der Waals surface area (Å²) in [6.45, 7) is 0.795. The average molecular weight is 485 g/mol. The lowest BCUT2D eigenvalue weighted by atomic mass is 10.1. The van der Waals surface area contributed by atoms with Gasteiger partial charge in [0, 0.05) is 31.2 Å². The van der Waals surface area contributed by atoms with E-state index in [1.54, 1.807) is 9.47 Å². The van der Waals surface area contributed by atoms with Gasteiger partial charge in [-0.05, 0) is 25.3 Å². The fraction of sp³-hybridized carbons (Fsp3) is 0.474. The summed E-state index contributed by atoms with van der Waals surface area (Å²) in [4.78, 5) is 34.9. The molecule has 180 valence electrons. The number of pyridine rings is 2. The van der Waals surface area contributed by atoms with Crippen molar-refractivity contribution in [3.63, 3.8) is 0 Å². The van der Waals surface area contributed by atoms with Crippen molar-refractivity contribution >= 4 is 38.8 Å². The highest BCUT2D eigenvalue weighted by Crippen LogP contribution is 2.37. The Hall–Kier alpha value is -3.10. The molecule has 0 amide bonds. The van der Waals surface area contributed by atoms with E-state index in [9.17, 15) is 27.5 Å². The van der Waals surface area contributed by atoms with Crippen LogP contribution in [-0.2, 0) is 15.0 Å². The van der Waals surface area contributed by atoms with Crippen molar-refractivity contribution < 1.29 is 32.1 Å². The number of nitrogens with two attached hydrogens (primary N) is 1. The van der Waals surface area contributed by atoms with Crippen molar-refractivity contribution in [2.24, 2.45) is 16.8 Å². The molecule has 14 heteroatoms. The highest BCUT2D eigenvalue weighted by molar-refractivity contribution is 7.85. The lowest BCUT2D eigenvalue weighted by molar-refractivity contribution is 0.0694. The molecule has 0 bridgehead atoms. The number of anilines is 1. The van der Waals surface area contributed by atoms with E-state index >= 15 is 0 Å². The minimum absolute atomic E-state index is 0.0242. The average Bonchev–Trinajstić information content (AvgIpc) is 3.48. The molecule has 1 unspecified atom stereocenters. The van der Waals surface area contributed by atoms with Crippen LogP contribution in [0.1, 0.15) is 35.7 Å². The number of carboxylic acids is 1. The Morgan fingerprint density at radius 1 is 1.39 bits per heavy atom. The predicted octanol–water partition coefficient (Wildman–Crippen LogP) is 0.818. The fourth-order valence-electron chi connectivity index (χ4n) is 3.61. The molecule has 0 spiro atoms. The summed E-state index contributed by atoms with van der Waals surface area (Å²) in [5.74, 6) is -1.65. The third-order valence-corrected chi connectivity index (χ3v) is 5.18. The third kappa shape index (κ3) is 5.46. The van der Waals surface area contributed by atoms with Crippen LogP contribution in [0.4, 0.5) is 10.2 Å². The summed E-state index contributed by atoms with van der Waals surface area (Å²) < 4.78 is 42.5. The second-order valence-electron chi connectivity index (χ2n) is 7.72. The van der Waals surface area contributed by atoms with Gasteiger partial charge in [0.2, 0.25) is 5.43 Å². The van der Waals surface area contributed by atoms with E-state index in [4.69, 9.17) is 15.1 Å². The summed E-state index contributed by atoms with van der Waals surface area (Å²) in [7, 11) is -2.26. The first-order chi connectivity index (χ1) is 15.5. The largest absolute Gasteiger partial charge is 0.477 e. The minimum atomic E-state index is -3.67. The van der Waals surface area contributed by atoms with Gasteiger partial charge < -0.3 is 25.1 Å². The predicted molar refractivity (Wildman–Crippen MR) is 118 cm³/mol. The molecule has 4 N–H and O–H groups in total.